The van der Waals surface area contributed by atoms with E-state index in [0.29, 0.717) is 12.8 Å². The summed E-state index contributed by atoms with van der Waals surface area (Å²) in [6.07, 6.45) is 10.8. The lowest BCUT2D eigenvalue weighted by Gasteiger charge is -2.28. The Hall–Kier alpha value is -5.04. The van der Waals surface area contributed by atoms with Gasteiger partial charge in [0.1, 0.15) is 24.2 Å². The first kappa shape index (κ1) is 44.4. The van der Waals surface area contributed by atoms with E-state index in [0.717, 1.165) is 36.8 Å². The second-order valence-electron chi connectivity index (χ2n) is 14.6. The molecule has 3 rings (SSSR count). The molecule has 0 bridgehead atoms. The van der Waals surface area contributed by atoms with Crippen molar-refractivity contribution >= 4 is 35.5 Å². The second kappa shape index (κ2) is 23.7. The van der Waals surface area contributed by atoms with Gasteiger partial charge in [-0.3, -0.25) is 28.8 Å². The van der Waals surface area contributed by atoms with Gasteiger partial charge in [0.05, 0.1) is 19.0 Å². The van der Waals surface area contributed by atoms with Crippen molar-refractivity contribution in [3.63, 3.8) is 0 Å². The van der Waals surface area contributed by atoms with Gasteiger partial charge in [0, 0.05) is 20.0 Å². The number of nitrogens with one attached hydrogen (secondary N) is 4. The van der Waals surface area contributed by atoms with Crippen molar-refractivity contribution in [3.8, 4) is 0 Å². The zero-order valence-corrected chi connectivity index (χ0v) is 32.8. The number of carbonyl (C=O) groups is 6. The van der Waals surface area contributed by atoms with E-state index in [1.807, 2.05) is 60.7 Å². The summed E-state index contributed by atoms with van der Waals surface area (Å²) in [5, 5.41) is 10.9. The summed E-state index contributed by atoms with van der Waals surface area (Å²) in [5.74, 6) is -3.23. The highest BCUT2D eigenvalue weighted by atomic mass is 16.5. The highest BCUT2D eigenvalue weighted by Gasteiger charge is 2.32. The topological polar surface area (TPSA) is 189 Å². The molecule has 13 heteroatoms. The van der Waals surface area contributed by atoms with Crippen molar-refractivity contribution in [2.45, 2.75) is 115 Å². The third-order valence-electron chi connectivity index (χ3n) is 9.55. The number of nitrogens with zero attached hydrogens (tertiary/aromatic N) is 1. The summed E-state index contributed by atoms with van der Waals surface area (Å²) in [6.45, 7) is 4.92. The second-order valence-corrected chi connectivity index (χ2v) is 14.6. The molecule has 5 amide bonds. The molecule has 4 unspecified atom stereocenters. The summed E-state index contributed by atoms with van der Waals surface area (Å²) in [4.78, 5) is 79.6. The molecule has 0 heterocycles. The molecule has 1 aliphatic rings. The number of aryl methyl sites for hydroxylation is 1. The first-order valence-corrected chi connectivity index (χ1v) is 19.4. The van der Waals surface area contributed by atoms with E-state index in [1.54, 1.807) is 26.0 Å². The number of hydrogen-bond donors (Lipinski definition) is 5. The Morgan fingerprint density at radius 1 is 0.800 bits per heavy atom. The average molecular weight is 761 g/mol. The molecular weight excluding hydrogens is 700 g/mol. The molecule has 2 aromatic carbocycles. The van der Waals surface area contributed by atoms with Crippen LogP contribution in [0.3, 0.4) is 0 Å². The van der Waals surface area contributed by atoms with Gasteiger partial charge in [0.25, 0.3) is 0 Å². The molecule has 0 aromatic heterocycles. The van der Waals surface area contributed by atoms with Crippen LogP contribution < -0.4 is 27.0 Å². The number of ether oxygens (including phenoxy) is 1. The summed E-state index contributed by atoms with van der Waals surface area (Å²) < 4.78 is 5.58. The Kier molecular flexibility index (Phi) is 19.1. The molecule has 1 aliphatic carbocycles. The molecule has 4 atom stereocenters. The molecular formula is C42H60N6O7. The van der Waals surface area contributed by atoms with Gasteiger partial charge in [-0.15, -0.1) is 0 Å². The van der Waals surface area contributed by atoms with Crippen molar-refractivity contribution < 1.29 is 33.5 Å². The van der Waals surface area contributed by atoms with Crippen LogP contribution in [0.5, 0.6) is 0 Å². The monoisotopic (exact) mass is 760 g/mol. The number of benzene rings is 2. The minimum atomic E-state index is -1.05. The first-order chi connectivity index (χ1) is 26.3. The Bertz CT molecular complexity index is 1560. The molecule has 6 N–H and O–H groups in total. The fourth-order valence-electron chi connectivity index (χ4n) is 6.25. The quantitative estimate of drug-likeness (QED) is 0.0774. The Morgan fingerprint density at radius 2 is 1.42 bits per heavy atom. The number of nitrogens with two attached hydrogens (primary N) is 1. The lowest BCUT2D eigenvalue weighted by atomic mass is 10.0. The largest absolute Gasteiger partial charge is 0.462 e. The van der Waals surface area contributed by atoms with Gasteiger partial charge in [0.15, 0.2) is 0 Å². The molecule has 1 fully saturated rings. The van der Waals surface area contributed by atoms with Crippen LogP contribution in [0.4, 0.5) is 0 Å². The van der Waals surface area contributed by atoms with E-state index in [2.05, 4.69) is 21.3 Å². The maximum atomic E-state index is 13.7. The van der Waals surface area contributed by atoms with Crippen LogP contribution in [0.25, 0.3) is 0 Å². The highest BCUT2D eigenvalue weighted by molar-refractivity contribution is 5.95. The molecule has 300 valence electrons. The van der Waals surface area contributed by atoms with E-state index in [1.165, 1.54) is 31.7 Å². The number of hydrogen-bond acceptors (Lipinski definition) is 8. The van der Waals surface area contributed by atoms with E-state index < -0.39 is 53.7 Å². The summed E-state index contributed by atoms with van der Waals surface area (Å²) in [5.41, 5.74) is 7.93. The van der Waals surface area contributed by atoms with E-state index >= 15 is 0 Å². The van der Waals surface area contributed by atoms with Crippen molar-refractivity contribution in [1.29, 1.82) is 0 Å². The van der Waals surface area contributed by atoms with Crippen LogP contribution in [0, 0.1) is 5.92 Å². The van der Waals surface area contributed by atoms with Crippen LogP contribution in [-0.4, -0.2) is 90.8 Å². The number of likely N-dealkylation sites (N-methyl/N-ethyl adjacent to an activating group) is 1. The standard InChI is InChI=1S/C42H60N6O7/c1-29(2)38(47-39(51)30(3)45-40(52)34(43)25-24-31-17-9-7-10-18-31)41(53)46-35(27-32-19-11-8-12-20-32)42(54)48(4)28-36(49)44-26-16-15-23-37(50)55-33-21-13-5-6-14-22-33/h7-12,15-20,29-30,33-35,38H,5-6,13-14,21-28,43H2,1-4H3,(H,44,49)(H,45,52)(H,46,53)(H,47,51)/b16-15+. The van der Waals surface area contributed by atoms with Gasteiger partial charge in [-0.05, 0) is 62.5 Å². The summed E-state index contributed by atoms with van der Waals surface area (Å²) in [7, 11) is 1.47. The number of carbonyl (C=O) groups excluding carboxylic acids is 6. The highest BCUT2D eigenvalue weighted by Crippen LogP contribution is 2.20. The minimum absolute atomic E-state index is 0.0229. The fourth-order valence-corrected chi connectivity index (χ4v) is 6.25. The van der Waals surface area contributed by atoms with Gasteiger partial charge < -0.3 is 36.6 Å². The number of esters is 1. The van der Waals surface area contributed by atoms with Crippen LogP contribution in [0.1, 0.15) is 83.3 Å². The first-order valence-electron chi connectivity index (χ1n) is 19.4. The molecule has 0 aliphatic heterocycles. The molecule has 1 saturated carbocycles. The minimum Gasteiger partial charge on any atom is -0.462 e. The lowest BCUT2D eigenvalue weighted by molar-refractivity contribution is -0.148. The number of amides is 5. The normalized spacial score (nSPS) is 15.5. The van der Waals surface area contributed by atoms with Crippen molar-refractivity contribution in [1.82, 2.24) is 26.2 Å². The zero-order valence-electron chi connectivity index (χ0n) is 32.8. The summed E-state index contributed by atoms with van der Waals surface area (Å²) in [6, 6.07) is 14.9. The van der Waals surface area contributed by atoms with Crippen molar-refractivity contribution in [2.75, 3.05) is 20.1 Å². The predicted molar refractivity (Wildman–Crippen MR) is 211 cm³/mol. The van der Waals surface area contributed by atoms with Gasteiger partial charge >= 0.3 is 5.97 Å². The smallest absolute Gasteiger partial charge is 0.309 e. The van der Waals surface area contributed by atoms with Gasteiger partial charge in [-0.1, -0.05) is 99.5 Å². The fraction of sp³-hybridized carbons (Fsp3) is 0.524. The molecule has 55 heavy (non-hydrogen) atoms. The molecule has 13 nitrogen and oxygen atoms in total. The average Bonchev–Trinajstić information content (AvgIpc) is 3.44. The predicted octanol–water partition coefficient (Wildman–Crippen LogP) is 3.11. The van der Waals surface area contributed by atoms with E-state index in [4.69, 9.17) is 10.5 Å². The third-order valence-corrected chi connectivity index (χ3v) is 9.55. The third kappa shape index (κ3) is 16.5. The number of rotatable bonds is 20. The van der Waals surface area contributed by atoms with Gasteiger partial charge in [-0.25, -0.2) is 0 Å². The van der Waals surface area contributed by atoms with Crippen molar-refractivity contribution in [3.05, 3.63) is 83.9 Å². The summed E-state index contributed by atoms with van der Waals surface area (Å²) >= 11 is 0. The Morgan fingerprint density at radius 3 is 2.04 bits per heavy atom. The maximum absolute atomic E-state index is 13.7. The Labute approximate surface area is 325 Å². The molecule has 0 radical (unpaired) electrons. The van der Waals surface area contributed by atoms with Crippen LogP contribution in [0.2, 0.25) is 0 Å². The van der Waals surface area contributed by atoms with Crippen LogP contribution in [-0.2, 0) is 46.3 Å². The lowest BCUT2D eigenvalue weighted by Crippen LogP contribution is -2.59. The zero-order chi connectivity index (χ0) is 40.2. The van der Waals surface area contributed by atoms with E-state index in [9.17, 15) is 28.8 Å². The molecule has 0 saturated heterocycles. The van der Waals surface area contributed by atoms with E-state index in [-0.39, 0.29) is 43.9 Å². The Balaban J connectivity index is 1.53. The molecule has 0 spiro atoms. The van der Waals surface area contributed by atoms with Crippen molar-refractivity contribution in [2.24, 2.45) is 11.7 Å². The van der Waals surface area contributed by atoms with Gasteiger partial charge in [0.2, 0.25) is 29.5 Å². The van der Waals surface area contributed by atoms with Crippen LogP contribution >= 0.6 is 0 Å². The van der Waals surface area contributed by atoms with Crippen LogP contribution in [0.15, 0.2) is 72.8 Å². The SMILES string of the molecule is CC(NC(=O)C(N)CCc1ccccc1)C(=O)NC(C(=O)NC(Cc1ccccc1)C(=O)N(C)CC(=O)NC/C=C/CC(=O)OC1CCCCCC1)C(C)C. The maximum Gasteiger partial charge on any atom is 0.309 e. The van der Waals surface area contributed by atoms with Gasteiger partial charge in [-0.2, -0.15) is 0 Å². The molecule has 2 aromatic rings.